The first-order valence-corrected chi connectivity index (χ1v) is 19.7. The standard InChI is InChI=1S/4C8H15N2.8NO3.4H2O.8O.4U/c4*1-3-4-5-10-7-6-9(2)8-10;8*2-1(3)4;;;;;;;;;;;;;;;;/h4*6-8H,3-5H2,1-2H3;;;;;;;;;4*1H2;;;;;;;;;;;;/q4*+1;8*-1;;;;;8*-2;;;;/p-4. The summed E-state index contributed by atoms with van der Waals surface area (Å²) in [5, 5.41) is 118. The van der Waals surface area contributed by atoms with Gasteiger partial charge >= 0.3 is 0 Å². The average molecular weight is 2200 g/mol. The van der Waals surface area contributed by atoms with Crippen LogP contribution in [0, 0.1) is 247 Å². The zero-order valence-electron chi connectivity index (χ0n) is 47.4. The molecule has 56 heteroatoms. The third kappa shape index (κ3) is 236. The fraction of sp³-hybridized carbons (Fsp3) is 0.625. The Kier molecular flexibility index (Phi) is 217. The van der Waals surface area contributed by atoms with E-state index in [1.54, 1.807) is 0 Å². The largest absolute Gasteiger partial charge is 2.00 e. The zero-order valence-corrected chi connectivity index (χ0v) is 64.1. The van der Waals surface area contributed by atoms with Gasteiger partial charge < -0.3 is 188 Å². The van der Waals surface area contributed by atoms with Crippen LogP contribution >= 0.6 is 0 Å². The number of nitrogens with zero attached hydrogens (tertiary/aromatic N) is 16. The van der Waals surface area contributed by atoms with Gasteiger partial charge in [0.05, 0.1) is 95.1 Å². The number of hydrogen-bond donors (Lipinski definition) is 0. The summed E-state index contributed by atoms with van der Waals surface area (Å²) in [6, 6.07) is 0. The van der Waals surface area contributed by atoms with Gasteiger partial charge in [0, 0.05) is 124 Å². The van der Waals surface area contributed by atoms with Crippen LogP contribution in [0.2, 0.25) is 0 Å². The molecule has 528 valence electrons. The molecule has 0 fully saturated rings. The summed E-state index contributed by atoms with van der Waals surface area (Å²) in [4.78, 5) is 66.0. The first-order chi connectivity index (χ1) is 33.2. The number of rotatable bonds is 12. The van der Waals surface area contributed by atoms with Crippen molar-refractivity contribution in [3.05, 3.63) is 197 Å². The van der Waals surface area contributed by atoms with E-state index < -0.39 is 40.7 Å². The minimum atomic E-state index is -1.75. The number of imidazole rings is 4. The molecule has 0 radical (unpaired) electrons. The van der Waals surface area contributed by atoms with Gasteiger partial charge in [0.15, 0.2) is 0 Å². The summed E-state index contributed by atoms with van der Waals surface area (Å²) < 4.78 is 17.1. The van der Waals surface area contributed by atoms with Crippen LogP contribution in [-0.2, 0) is 98.2 Å². The van der Waals surface area contributed by atoms with Crippen LogP contribution in [0.15, 0.2) is 74.9 Å². The molecule has 0 atom stereocenters. The summed E-state index contributed by atoms with van der Waals surface area (Å²) in [6.07, 6.45) is 35.3. The maximum absolute atomic E-state index is 8.25. The first kappa shape index (κ1) is 160. The van der Waals surface area contributed by atoms with Gasteiger partial charge in [0.2, 0.25) is 25.3 Å². The van der Waals surface area contributed by atoms with E-state index in [0.717, 1.165) is 26.2 Å². The second-order valence-electron chi connectivity index (χ2n) is 12.5. The molecule has 0 aliphatic carbocycles. The van der Waals surface area contributed by atoms with Gasteiger partial charge in [-0.25, -0.2) is 36.5 Å². The normalized spacial score (nSPS) is 6.82. The molecule has 4 aromatic heterocycles. The molecule has 0 unspecified atom stereocenters. The van der Waals surface area contributed by atoms with E-state index in [4.69, 9.17) is 123 Å². The molecule has 52 nitrogen and oxygen atoms in total. The van der Waals surface area contributed by atoms with Gasteiger partial charge in [-0.15, -0.1) is 0 Å². The Balaban J connectivity index is -0.0000000232. The van der Waals surface area contributed by atoms with E-state index in [2.05, 4.69) is 139 Å². The van der Waals surface area contributed by atoms with Crippen LogP contribution in [0.4, 0.5) is 0 Å². The summed E-state index contributed by atoms with van der Waals surface area (Å²) in [5.74, 6) is 0. The summed E-state index contributed by atoms with van der Waals surface area (Å²) in [6.45, 7) is 13.4. The third-order valence-electron chi connectivity index (χ3n) is 6.37. The van der Waals surface area contributed by atoms with Gasteiger partial charge in [0.1, 0.15) is 49.6 Å². The number of aromatic nitrogens is 8. The van der Waals surface area contributed by atoms with Crippen LogP contribution in [0.3, 0.4) is 0 Å². The Hall–Kier alpha value is -5.83. The van der Waals surface area contributed by atoms with Gasteiger partial charge in [-0.2, -0.15) is 0 Å². The van der Waals surface area contributed by atoms with E-state index in [1.165, 1.54) is 51.4 Å². The Morgan fingerprint density at radius 3 is 0.420 bits per heavy atom. The Labute approximate surface area is 593 Å². The molecule has 0 saturated carbocycles. The Morgan fingerprint density at radius 1 is 0.273 bits per heavy atom. The second-order valence-corrected chi connectivity index (χ2v) is 12.5. The van der Waals surface area contributed by atoms with Crippen molar-refractivity contribution < 1.29 is 249 Å². The third-order valence-corrected chi connectivity index (χ3v) is 6.37. The van der Waals surface area contributed by atoms with Gasteiger partial charge in [-0.3, -0.25) is 0 Å². The molecule has 4 heterocycles. The summed E-state index contributed by atoms with van der Waals surface area (Å²) in [5.41, 5.74) is 0. The molecular formula is C32H64N16O36U4-24. The van der Waals surface area contributed by atoms with Crippen LogP contribution < -0.4 is 18.3 Å². The van der Waals surface area contributed by atoms with E-state index in [0.29, 0.717) is 0 Å². The molecule has 88 heavy (non-hydrogen) atoms. The predicted octanol–water partition coefficient (Wildman–Crippen LogP) is 0.880. The molecule has 4 rings (SSSR count). The molecule has 4 N–H and O–H groups in total. The van der Waals surface area contributed by atoms with Gasteiger partial charge in [-0.05, 0) is 25.7 Å². The molecular weight excluding hydrogens is 2140 g/mol. The molecule has 0 aliphatic heterocycles. The van der Waals surface area contributed by atoms with Crippen molar-refractivity contribution in [2.24, 2.45) is 28.2 Å². The average Bonchev–Trinajstić information content (AvgIpc) is 4.03. The molecule has 0 amide bonds. The van der Waals surface area contributed by atoms with E-state index in [-0.39, 0.29) is 190 Å². The zero-order chi connectivity index (χ0) is 58.2. The van der Waals surface area contributed by atoms with Crippen molar-refractivity contribution in [1.29, 1.82) is 0 Å². The molecule has 0 aliphatic rings. The predicted molar refractivity (Wildman–Crippen MR) is 258 cm³/mol. The molecule has 0 spiro atoms. The van der Waals surface area contributed by atoms with Crippen LogP contribution in [-0.4, -0.2) is 80.9 Å². The topological polar surface area (TPSA) is 913 Å². The fourth-order valence-electron chi connectivity index (χ4n) is 3.90. The quantitative estimate of drug-likeness (QED) is 0.108. The SMILES string of the molecule is CCCCn1cc[n+](C)c1.CCCCn1cc[n+](C)c1.CCCCn1cc[n+](C)c1.CCCCn1cc[n+](C)c1.O=[N+]([O-])[O-].O=[N+]([O-])[O-].O=[N+]([O-])[O-].O=[N+]([O-])[O-].O=[N+]([O-])[O-].O=[N+]([O-])[O-].O=[N+]([O-])[O-].O=[N+]([O-])[O-].[O-2].[O-2].[O-2].[O-2].[O-2].[O-2].[O-2].[O-2].[OH-].[OH-].[OH-].[OH-].[U].[U].[U].[U]. The first-order valence-electron chi connectivity index (χ1n) is 19.7. The minimum Gasteiger partial charge on any atom is -2.00 e. The van der Waals surface area contributed by atoms with Crippen molar-refractivity contribution in [3.63, 3.8) is 0 Å². The minimum absolute atomic E-state index is 0. The van der Waals surface area contributed by atoms with Crippen LogP contribution in [0.1, 0.15) is 79.1 Å². The second kappa shape index (κ2) is 119. The number of aryl methyl sites for hydroxylation is 8. The summed E-state index contributed by atoms with van der Waals surface area (Å²) in [7, 11) is 8.18. The van der Waals surface area contributed by atoms with Gasteiger partial charge in [-0.1, -0.05) is 53.4 Å². The van der Waals surface area contributed by atoms with Crippen molar-refractivity contribution in [2.75, 3.05) is 0 Å². The smallest absolute Gasteiger partial charge is 0.243 e. The fourth-order valence-corrected chi connectivity index (χ4v) is 3.90. The van der Waals surface area contributed by atoms with Gasteiger partial charge in [0.25, 0.3) is 0 Å². The maximum Gasteiger partial charge on any atom is 0.243 e. The molecule has 0 saturated heterocycles. The van der Waals surface area contributed by atoms with Crippen molar-refractivity contribution in [1.82, 2.24) is 18.3 Å². The van der Waals surface area contributed by atoms with Crippen molar-refractivity contribution in [2.45, 2.75) is 105 Å². The number of hydrogen-bond acceptors (Lipinski definition) is 28. The Morgan fingerprint density at radius 2 is 0.364 bits per heavy atom. The van der Waals surface area contributed by atoms with Crippen molar-refractivity contribution in [3.8, 4) is 0 Å². The summed E-state index contributed by atoms with van der Waals surface area (Å²) >= 11 is 0. The molecule has 0 bridgehead atoms. The van der Waals surface area contributed by atoms with E-state index in [9.17, 15) is 0 Å². The molecule has 0 aromatic carbocycles. The Bertz CT molecular complexity index is 1650. The monoisotopic (exact) mass is 2200 g/mol. The molecule has 4 aromatic rings. The van der Waals surface area contributed by atoms with Crippen LogP contribution in [0.5, 0.6) is 0 Å². The maximum atomic E-state index is 8.25. The van der Waals surface area contributed by atoms with E-state index >= 15 is 0 Å². The van der Waals surface area contributed by atoms with Crippen molar-refractivity contribution >= 4 is 0 Å². The van der Waals surface area contributed by atoms with Crippen LogP contribution in [0.25, 0.3) is 0 Å². The van der Waals surface area contributed by atoms with E-state index in [1.807, 2.05) is 28.2 Å². The number of unbranched alkanes of at least 4 members (excludes halogenated alkanes) is 4.